The summed E-state index contributed by atoms with van der Waals surface area (Å²) in [5.41, 5.74) is 0.308. The van der Waals surface area contributed by atoms with Crippen LogP contribution in [0.2, 0.25) is 0 Å². The average Bonchev–Trinajstić information content (AvgIpc) is 2.36. The molecule has 1 amide bonds. The highest BCUT2D eigenvalue weighted by atomic mass is 16.6. The van der Waals surface area contributed by atoms with Crippen molar-refractivity contribution in [2.24, 2.45) is 0 Å². The molecular formula is C12H12N2O5. The van der Waals surface area contributed by atoms with Crippen LogP contribution < -0.4 is 4.90 Å². The third kappa shape index (κ3) is 2.26. The zero-order chi connectivity index (χ0) is 14.2. The smallest absolute Gasteiger partial charge is 0.335 e. The lowest BCUT2D eigenvalue weighted by molar-refractivity contribution is -0.384. The van der Waals surface area contributed by atoms with Crippen LogP contribution in [0, 0.1) is 10.1 Å². The van der Waals surface area contributed by atoms with Crippen LogP contribution in [0.3, 0.4) is 0 Å². The van der Waals surface area contributed by atoms with Gasteiger partial charge in [-0.3, -0.25) is 14.9 Å². The van der Waals surface area contributed by atoms with Gasteiger partial charge < -0.3 is 10.0 Å². The monoisotopic (exact) mass is 264 g/mol. The van der Waals surface area contributed by atoms with Crippen molar-refractivity contribution >= 4 is 23.3 Å². The number of fused-ring (bicyclic) bond motifs is 1. The van der Waals surface area contributed by atoms with E-state index in [-0.39, 0.29) is 22.8 Å². The molecule has 100 valence electrons. The first-order valence-corrected chi connectivity index (χ1v) is 5.74. The number of nitrogens with zero attached hydrogens (tertiary/aromatic N) is 2. The van der Waals surface area contributed by atoms with Crippen LogP contribution >= 0.6 is 0 Å². The molecule has 0 unspecified atom stereocenters. The Kier molecular flexibility index (Phi) is 3.20. The van der Waals surface area contributed by atoms with Gasteiger partial charge in [0.1, 0.15) is 5.69 Å². The number of benzene rings is 1. The van der Waals surface area contributed by atoms with Gasteiger partial charge in [0.05, 0.1) is 10.5 Å². The lowest BCUT2D eigenvalue weighted by atomic mass is 9.97. The number of hydrogen-bond donors (Lipinski definition) is 1. The quantitative estimate of drug-likeness (QED) is 0.645. The second-order valence-corrected chi connectivity index (χ2v) is 4.34. The summed E-state index contributed by atoms with van der Waals surface area (Å²) in [6, 6.07) is 2.40. The van der Waals surface area contributed by atoms with Crippen LogP contribution in [0.4, 0.5) is 11.4 Å². The first kappa shape index (κ1) is 13.0. The predicted molar refractivity (Wildman–Crippen MR) is 66.4 cm³/mol. The van der Waals surface area contributed by atoms with Gasteiger partial charge in [-0.1, -0.05) is 0 Å². The summed E-state index contributed by atoms with van der Waals surface area (Å²) in [5, 5.41) is 20.1. The van der Waals surface area contributed by atoms with Crippen molar-refractivity contribution in [3.63, 3.8) is 0 Å². The molecule has 0 fully saturated rings. The molecule has 0 bridgehead atoms. The van der Waals surface area contributed by atoms with Gasteiger partial charge in [-0.2, -0.15) is 0 Å². The summed E-state index contributed by atoms with van der Waals surface area (Å²) < 4.78 is 0. The fourth-order valence-corrected chi connectivity index (χ4v) is 2.30. The number of carbonyl (C=O) groups excluding carboxylic acids is 1. The van der Waals surface area contributed by atoms with E-state index in [2.05, 4.69) is 0 Å². The number of carboxylic acids is 1. The molecule has 7 nitrogen and oxygen atoms in total. The number of carboxylic acid groups (broad SMARTS) is 1. The summed E-state index contributed by atoms with van der Waals surface area (Å²) in [7, 11) is 0. The van der Waals surface area contributed by atoms with E-state index in [1.165, 1.54) is 17.9 Å². The molecule has 19 heavy (non-hydrogen) atoms. The second-order valence-electron chi connectivity index (χ2n) is 4.34. The first-order valence-electron chi connectivity index (χ1n) is 5.74. The van der Waals surface area contributed by atoms with Crippen molar-refractivity contribution in [3.05, 3.63) is 33.4 Å². The Bertz CT molecular complexity index is 582. The van der Waals surface area contributed by atoms with Gasteiger partial charge in [-0.15, -0.1) is 0 Å². The van der Waals surface area contributed by atoms with Crippen LogP contribution in [0.25, 0.3) is 0 Å². The Morgan fingerprint density at radius 3 is 2.63 bits per heavy atom. The standard InChI is InChI=1S/C12H12N2O5/c1-7(15)13-4-2-3-8-5-9(12(16)17)6-10(11(8)13)14(18)19/h5-6H,2-4H2,1H3,(H,16,17). The molecule has 0 saturated carbocycles. The molecule has 1 aromatic rings. The Morgan fingerprint density at radius 2 is 2.11 bits per heavy atom. The topological polar surface area (TPSA) is 101 Å². The summed E-state index contributed by atoms with van der Waals surface area (Å²) in [4.78, 5) is 34.3. The van der Waals surface area contributed by atoms with E-state index in [1.807, 2.05) is 0 Å². The maximum atomic E-state index is 11.5. The van der Waals surface area contributed by atoms with E-state index in [9.17, 15) is 19.7 Å². The average molecular weight is 264 g/mol. The Balaban J connectivity index is 2.69. The zero-order valence-corrected chi connectivity index (χ0v) is 10.3. The molecule has 2 rings (SSSR count). The number of nitro groups is 1. The lowest BCUT2D eigenvalue weighted by Crippen LogP contribution is -2.34. The molecule has 1 aliphatic rings. The highest BCUT2D eigenvalue weighted by molar-refractivity contribution is 5.98. The number of nitro benzene ring substituents is 1. The normalized spacial score (nSPS) is 13.8. The van der Waals surface area contributed by atoms with Crippen LogP contribution in [0.15, 0.2) is 12.1 Å². The van der Waals surface area contributed by atoms with E-state index in [1.54, 1.807) is 0 Å². The third-order valence-corrected chi connectivity index (χ3v) is 3.09. The highest BCUT2D eigenvalue weighted by Crippen LogP contribution is 2.37. The molecule has 1 N–H and O–H groups in total. The van der Waals surface area contributed by atoms with Crippen LogP contribution in [-0.2, 0) is 11.2 Å². The minimum Gasteiger partial charge on any atom is -0.478 e. The lowest BCUT2D eigenvalue weighted by Gasteiger charge is -2.28. The molecule has 0 aromatic heterocycles. The summed E-state index contributed by atoms with van der Waals surface area (Å²) in [5.74, 6) is -1.50. The van der Waals surface area contributed by atoms with Crippen molar-refractivity contribution in [1.29, 1.82) is 0 Å². The first-order chi connectivity index (χ1) is 8.91. The van der Waals surface area contributed by atoms with E-state index in [4.69, 9.17) is 5.11 Å². The number of rotatable bonds is 2. The van der Waals surface area contributed by atoms with E-state index in [0.717, 1.165) is 6.07 Å². The fraction of sp³-hybridized carbons (Fsp3) is 0.333. The predicted octanol–water partition coefficient (Wildman–Crippen LogP) is 1.59. The summed E-state index contributed by atoms with van der Waals surface area (Å²) in [6.07, 6.45) is 1.19. The van der Waals surface area contributed by atoms with Gasteiger partial charge in [-0.05, 0) is 24.5 Å². The van der Waals surface area contributed by atoms with Gasteiger partial charge in [0.2, 0.25) is 5.91 Å². The molecule has 1 aromatic carbocycles. The van der Waals surface area contributed by atoms with Gasteiger partial charge in [0.25, 0.3) is 5.69 Å². The fourth-order valence-electron chi connectivity index (χ4n) is 2.30. The molecule has 0 spiro atoms. The molecule has 7 heteroatoms. The Morgan fingerprint density at radius 1 is 1.42 bits per heavy atom. The maximum Gasteiger partial charge on any atom is 0.335 e. The Hall–Kier alpha value is -2.44. The van der Waals surface area contributed by atoms with Crippen LogP contribution in [0.5, 0.6) is 0 Å². The van der Waals surface area contributed by atoms with Crippen molar-refractivity contribution < 1.29 is 19.6 Å². The number of aryl methyl sites for hydroxylation is 1. The Labute approximate surface area is 108 Å². The van der Waals surface area contributed by atoms with Crippen LogP contribution in [-0.4, -0.2) is 28.5 Å². The molecule has 0 saturated heterocycles. The largest absolute Gasteiger partial charge is 0.478 e. The zero-order valence-electron chi connectivity index (χ0n) is 10.3. The SMILES string of the molecule is CC(=O)N1CCCc2cc(C(=O)O)cc([N+](=O)[O-])c21. The van der Waals surface area contributed by atoms with E-state index in [0.29, 0.717) is 24.9 Å². The number of hydrogen-bond acceptors (Lipinski definition) is 4. The number of carbonyl (C=O) groups is 2. The van der Waals surface area contributed by atoms with Crippen molar-refractivity contribution in [3.8, 4) is 0 Å². The molecule has 1 aliphatic heterocycles. The van der Waals surface area contributed by atoms with Gasteiger partial charge >= 0.3 is 5.97 Å². The number of aromatic carboxylic acids is 1. The van der Waals surface area contributed by atoms with Crippen molar-refractivity contribution in [2.75, 3.05) is 11.4 Å². The van der Waals surface area contributed by atoms with Crippen molar-refractivity contribution in [1.82, 2.24) is 0 Å². The van der Waals surface area contributed by atoms with Gasteiger partial charge in [0, 0.05) is 19.5 Å². The molecular weight excluding hydrogens is 252 g/mol. The molecule has 0 radical (unpaired) electrons. The molecule has 1 heterocycles. The van der Waals surface area contributed by atoms with Crippen molar-refractivity contribution in [2.45, 2.75) is 19.8 Å². The highest BCUT2D eigenvalue weighted by Gasteiger charge is 2.30. The van der Waals surface area contributed by atoms with Gasteiger partial charge in [0.15, 0.2) is 0 Å². The molecule has 0 aliphatic carbocycles. The third-order valence-electron chi connectivity index (χ3n) is 3.09. The summed E-state index contributed by atoms with van der Waals surface area (Å²) >= 11 is 0. The summed E-state index contributed by atoms with van der Waals surface area (Å²) in [6.45, 7) is 1.75. The van der Waals surface area contributed by atoms with E-state index < -0.39 is 10.9 Å². The minimum atomic E-state index is -1.22. The number of anilines is 1. The second kappa shape index (κ2) is 4.68. The van der Waals surface area contributed by atoms with E-state index >= 15 is 0 Å². The molecule has 0 atom stereocenters. The minimum absolute atomic E-state index is 0.129. The van der Waals surface area contributed by atoms with Crippen LogP contribution in [0.1, 0.15) is 29.3 Å². The number of amides is 1. The van der Waals surface area contributed by atoms with Gasteiger partial charge in [-0.25, -0.2) is 4.79 Å². The maximum absolute atomic E-state index is 11.5.